The molecule has 0 unspecified atom stereocenters. The van der Waals surface area contributed by atoms with Gasteiger partial charge in [0.2, 0.25) is 0 Å². The van der Waals surface area contributed by atoms with E-state index in [1.807, 2.05) is 30.3 Å². The first-order valence-corrected chi connectivity index (χ1v) is 11.5. The van der Waals surface area contributed by atoms with Crippen LogP contribution in [-0.2, 0) is 11.4 Å². The molecule has 0 bridgehead atoms. The summed E-state index contributed by atoms with van der Waals surface area (Å²) in [5.74, 6) is 0.239. The number of benzene rings is 3. The molecule has 0 fully saturated rings. The Labute approximate surface area is 213 Å². The number of hydrogen-bond acceptors (Lipinski definition) is 6. The number of nitrogens with zero attached hydrogens (tertiary/aromatic N) is 1. The van der Waals surface area contributed by atoms with Gasteiger partial charge in [-0.15, -0.1) is 0 Å². The lowest BCUT2D eigenvalue weighted by atomic mass is 10.2. The molecule has 3 aromatic rings. The smallest absolute Gasteiger partial charge is 0.271 e. The van der Waals surface area contributed by atoms with E-state index < -0.39 is 11.8 Å². The molecule has 0 radical (unpaired) electrons. The molecule has 0 atom stereocenters. The van der Waals surface area contributed by atoms with Crippen LogP contribution in [0.2, 0.25) is 0 Å². The first-order chi connectivity index (χ1) is 16.4. The van der Waals surface area contributed by atoms with Crippen LogP contribution in [0.5, 0.6) is 17.2 Å². The van der Waals surface area contributed by atoms with Gasteiger partial charge in [0.1, 0.15) is 12.4 Å². The SMILES string of the molecule is COc1cc(C(=O)N/N=C/c2cc(Br)cc(Br)c2OCC(N)=O)ccc1OCc1ccccc1. The molecule has 0 aromatic heterocycles. The molecule has 0 saturated heterocycles. The van der Waals surface area contributed by atoms with Crippen LogP contribution in [-0.4, -0.2) is 31.7 Å². The van der Waals surface area contributed by atoms with Gasteiger partial charge >= 0.3 is 0 Å². The van der Waals surface area contributed by atoms with Gasteiger partial charge in [0.15, 0.2) is 18.1 Å². The van der Waals surface area contributed by atoms with E-state index in [9.17, 15) is 9.59 Å². The Morgan fingerprint density at radius 1 is 1.03 bits per heavy atom. The van der Waals surface area contributed by atoms with Crippen molar-refractivity contribution >= 4 is 49.9 Å². The molecule has 8 nitrogen and oxygen atoms in total. The van der Waals surface area contributed by atoms with E-state index in [2.05, 4.69) is 42.4 Å². The summed E-state index contributed by atoms with van der Waals surface area (Å²) in [6.07, 6.45) is 1.40. The molecule has 0 aliphatic heterocycles. The highest BCUT2D eigenvalue weighted by molar-refractivity contribution is 9.11. The fourth-order valence-electron chi connectivity index (χ4n) is 2.86. The van der Waals surface area contributed by atoms with Crippen molar-refractivity contribution < 1.29 is 23.8 Å². The number of carbonyl (C=O) groups is 2. The van der Waals surface area contributed by atoms with Crippen molar-refractivity contribution in [1.29, 1.82) is 0 Å². The van der Waals surface area contributed by atoms with Gasteiger partial charge in [0, 0.05) is 15.6 Å². The van der Waals surface area contributed by atoms with E-state index in [0.29, 0.717) is 39.5 Å². The number of primary amides is 1. The minimum Gasteiger partial charge on any atom is -0.493 e. The van der Waals surface area contributed by atoms with E-state index in [4.69, 9.17) is 19.9 Å². The maximum Gasteiger partial charge on any atom is 0.271 e. The zero-order chi connectivity index (χ0) is 24.5. The van der Waals surface area contributed by atoms with Crippen LogP contribution >= 0.6 is 31.9 Å². The fourth-order valence-corrected chi connectivity index (χ4v) is 4.23. The van der Waals surface area contributed by atoms with Crippen molar-refractivity contribution in [2.24, 2.45) is 10.8 Å². The minimum atomic E-state index is -0.615. The average Bonchev–Trinajstić information content (AvgIpc) is 2.82. The summed E-state index contributed by atoms with van der Waals surface area (Å²) in [5.41, 5.74) is 9.49. The molecule has 0 aliphatic carbocycles. The third-order valence-electron chi connectivity index (χ3n) is 4.43. The zero-order valence-corrected chi connectivity index (χ0v) is 21.3. The standard InChI is InChI=1S/C24H21Br2N3O5/c1-32-21-10-16(7-8-20(21)33-13-15-5-3-2-4-6-15)24(31)29-28-12-17-9-18(25)11-19(26)23(17)34-14-22(27)30/h2-12H,13-14H2,1H3,(H2,27,30)(H,29,31)/b28-12+. The van der Waals surface area contributed by atoms with Crippen LogP contribution in [0.3, 0.4) is 0 Å². The Hall–Kier alpha value is -3.37. The van der Waals surface area contributed by atoms with Gasteiger partial charge in [-0.2, -0.15) is 5.10 Å². The highest BCUT2D eigenvalue weighted by Crippen LogP contribution is 2.32. The number of nitrogens with one attached hydrogen (secondary N) is 1. The second kappa shape index (κ2) is 12.2. The molecule has 176 valence electrons. The predicted octanol–water partition coefficient (Wildman–Crippen LogP) is 4.43. The number of carbonyl (C=O) groups excluding carboxylic acids is 2. The van der Waals surface area contributed by atoms with E-state index in [-0.39, 0.29) is 6.61 Å². The Morgan fingerprint density at radius 3 is 2.50 bits per heavy atom. The molecule has 0 saturated carbocycles. The van der Waals surface area contributed by atoms with Gasteiger partial charge < -0.3 is 19.9 Å². The van der Waals surface area contributed by atoms with Crippen LogP contribution in [0.15, 0.2) is 74.7 Å². The largest absolute Gasteiger partial charge is 0.493 e. The van der Waals surface area contributed by atoms with Gasteiger partial charge in [0.25, 0.3) is 11.8 Å². The Balaban J connectivity index is 1.69. The maximum absolute atomic E-state index is 12.6. The molecule has 2 amide bonds. The van der Waals surface area contributed by atoms with Crippen molar-refractivity contribution in [2.45, 2.75) is 6.61 Å². The molecule has 10 heteroatoms. The van der Waals surface area contributed by atoms with E-state index >= 15 is 0 Å². The maximum atomic E-state index is 12.6. The lowest BCUT2D eigenvalue weighted by molar-refractivity contribution is -0.119. The third-order valence-corrected chi connectivity index (χ3v) is 5.48. The van der Waals surface area contributed by atoms with Gasteiger partial charge in [-0.1, -0.05) is 46.3 Å². The summed E-state index contributed by atoms with van der Waals surface area (Å²) >= 11 is 6.76. The number of nitrogens with two attached hydrogens (primary N) is 1. The Kier molecular flexibility index (Phi) is 9.06. The fraction of sp³-hybridized carbons (Fsp3) is 0.125. The Morgan fingerprint density at radius 2 is 1.79 bits per heavy atom. The highest BCUT2D eigenvalue weighted by Gasteiger charge is 2.13. The lowest BCUT2D eigenvalue weighted by Gasteiger charge is -2.12. The van der Waals surface area contributed by atoms with Crippen LogP contribution in [0.1, 0.15) is 21.5 Å². The number of methoxy groups -OCH3 is 1. The third kappa shape index (κ3) is 7.06. The summed E-state index contributed by atoms with van der Waals surface area (Å²) in [7, 11) is 1.50. The molecule has 34 heavy (non-hydrogen) atoms. The zero-order valence-electron chi connectivity index (χ0n) is 18.1. The molecule has 3 N–H and O–H groups in total. The molecular formula is C24H21Br2N3O5. The summed E-state index contributed by atoms with van der Waals surface area (Å²) in [6.45, 7) is 0.0707. The lowest BCUT2D eigenvalue weighted by Crippen LogP contribution is -2.21. The van der Waals surface area contributed by atoms with Crippen LogP contribution in [0.4, 0.5) is 0 Å². The van der Waals surface area contributed by atoms with Crippen LogP contribution in [0, 0.1) is 0 Å². The number of halogens is 2. The predicted molar refractivity (Wildman–Crippen MR) is 135 cm³/mol. The number of hydrogen-bond donors (Lipinski definition) is 2. The Bertz CT molecular complexity index is 1200. The van der Waals surface area contributed by atoms with Gasteiger partial charge in [-0.05, 0) is 51.8 Å². The summed E-state index contributed by atoms with van der Waals surface area (Å²) in [5, 5.41) is 4.01. The first-order valence-electron chi connectivity index (χ1n) is 9.95. The highest BCUT2D eigenvalue weighted by atomic mass is 79.9. The normalized spacial score (nSPS) is 10.7. The molecule has 3 rings (SSSR count). The molecule has 0 spiro atoms. The second-order valence-electron chi connectivity index (χ2n) is 6.90. The summed E-state index contributed by atoms with van der Waals surface area (Å²) in [6, 6.07) is 18.0. The van der Waals surface area contributed by atoms with Crippen molar-refractivity contribution in [2.75, 3.05) is 13.7 Å². The van der Waals surface area contributed by atoms with Crippen LogP contribution < -0.4 is 25.4 Å². The topological polar surface area (TPSA) is 112 Å². The number of rotatable bonds is 10. The summed E-state index contributed by atoms with van der Waals surface area (Å²) in [4.78, 5) is 23.7. The molecular weight excluding hydrogens is 570 g/mol. The number of hydrazone groups is 1. The summed E-state index contributed by atoms with van der Waals surface area (Å²) < 4.78 is 18.0. The average molecular weight is 591 g/mol. The monoisotopic (exact) mass is 589 g/mol. The van der Waals surface area contributed by atoms with E-state index in [1.54, 1.807) is 30.3 Å². The van der Waals surface area contributed by atoms with Gasteiger partial charge in [-0.3, -0.25) is 9.59 Å². The van der Waals surface area contributed by atoms with Crippen molar-refractivity contribution in [3.05, 3.63) is 86.3 Å². The number of ether oxygens (including phenoxy) is 3. The second-order valence-corrected chi connectivity index (χ2v) is 8.67. The van der Waals surface area contributed by atoms with Crippen molar-refractivity contribution in [1.82, 2.24) is 5.43 Å². The molecule has 3 aromatic carbocycles. The number of amides is 2. The van der Waals surface area contributed by atoms with Gasteiger partial charge in [-0.25, -0.2) is 5.43 Å². The molecule has 0 aliphatic rings. The van der Waals surface area contributed by atoms with Crippen molar-refractivity contribution in [3.8, 4) is 17.2 Å². The van der Waals surface area contributed by atoms with Crippen LogP contribution in [0.25, 0.3) is 0 Å². The minimum absolute atomic E-state index is 0.300. The quantitative estimate of drug-likeness (QED) is 0.268. The van der Waals surface area contributed by atoms with Crippen molar-refractivity contribution in [3.63, 3.8) is 0 Å². The van der Waals surface area contributed by atoms with E-state index in [1.165, 1.54) is 13.3 Å². The van der Waals surface area contributed by atoms with E-state index in [0.717, 1.165) is 10.0 Å². The van der Waals surface area contributed by atoms with Gasteiger partial charge in [0.05, 0.1) is 17.8 Å². The molecule has 0 heterocycles. The first kappa shape index (κ1) is 25.3.